The van der Waals surface area contributed by atoms with E-state index in [4.69, 9.17) is 35.0 Å². The standard InChI is InChI=1S/C12H17F3N2O2.C2H2O4/c1-17(11(7-16)12(13,14)15)8-4-5-9(18-2)10(6-8)19-3;3-1(4)2(5)6/h4-6,11H,7,16H2,1-3H3;(H,3,4)(H,5,6). The van der Waals surface area contributed by atoms with Crippen molar-refractivity contribution in [2.75, 3.05) is 32.7 Å². The highest BCUT2D eigenvalue weighted by Crippen LogP contribution is 2.34. The van der Waals surface area contributed by atoms with Crippen LogP contribution in [0.5, 0.6) is 11.5 Å². The minimum absolute atomic E-state index is 0.352. The second-order valence-electron chi connectivity index (χ2n) is 4.55. The largest absolute Gasteiger partial charge is 0.493 e. The van der Waals surface area contributed by atoms with Gasteiger partial charge in [0, 0.05) is 25.3 Å². The SMILES string of the molecule is COc1ccc(N(C)C(CN)C(F)(F)F)cc1OC.O=C(O)C(=O)O. The molecule has 1 rings (SSSR count). The third-order valence-corrected chi connectivity index (χ3v) is 3.03. The Morgan fingerprint density at radius 3 is 1.96 bits per heavy atom. The molecule has 0 aromatic heterocycles. The highest BCUT2D eigenvalue weighted by atomic mass is 19.4. The Morgan fingerprint density at radius 1 is 1.16 bits per heavy atom. The van der Waals surface area contributed by atoms with Gasteiger partial charge in [0.15, 0.2) is 11.5 Å². The fourth-order valence-electron chi connectivity index (χ4n) is 1.74. The van der Waals surface area contributed by atoms with Crippen LogP contribution in [0.3, 0.4) is 0 Å². The normalized spacial score (nSPS) is 11.6. The molecule has 1 atom stereocenters. The number of likely N-dealkylation sites (N-methyl/N-ethyl adjacent to an activating group) is 1. The van der Waals surface area contributed by atoms with E-state index in [0.29, 0.717) is 17.2 Å². The highest BCUT2D eigenvalue weighted by molar-refractivity contribution is 6.27. The lowest BCUT2D eigenvalue weighted by molar-refractivity contribution is -0.159. The summed E-state index contributed by atoms with van der Waals surface area (Å²) in [5.41, 5.74) is 5.56. The molecule has 8 nitrogen and oxygen atoms in total. The lowest BCUT2D eigenvalue weighted by atomic mass is 10.2. The molecule has 0 aliphatic heterocycles. The van der Waals surface area contributed by atoms with Crippen LogP contribution in [-0.2, 0) is 9.59 Å². The lowest BCUT2D eigenvalue weighted by Crippen LogP contribution is -2.48. The molecule has 1 aromatic rings. The average Bonchev–Trinajstić information content (AvgIpc) is 2.53. The predicted octanol–water partition coefficient (Wildman–Crippen LogP) is 1.19. The van der Waals surface area contributed by atoms with E-state index < -0.39 is 30.7 Å². The second kappa shape index (κ2) is 9.57. The molecule has 0 spiro atoms. The van der Waals surface area contributed by atoms with Gasteiger partial charge in [0.1, 0.15) is 6.04 Å². The van der Waals surface area contributed by atoms with Crippen molar-refractivity contribution in [1.29, 1.82) is 0 Å². The van der Waals surface area contributed by atoms with Gasteiger partial charge in [-0.2, -0.15) is 13.2 Å². The van der Waals surface area contributed by atoms with Crippen molar-refractivity contribution in [2.24, 2.45) is 5.73 Å². The summed E-state index contributed by atoms with van der Waals surface area (Å²) in [6, 6.07) is 2.81. The fraction of sp³-hybridized carbons (Fsp3) is 0.429. The van der Waals surface area contributed by atoms with Gasteiger partial charge in [0.05, 0.1) is 14.2 Å². The number of alkyl halides is 3. The average molecular weight is 368 g/mol. The highest BCUT2D eigenvalue weighted by Gasteiger charge is 2.41. The summed E-state index contributed by atoms with van der Waals surface area (Å²) >= 11 is 0. The number of methoxy groups -OCH3 is 2. The van der Waals surface area contributed by atoms with E-state index in [1.807, 2.05) is 0 Å². The fourth-order valence-corrected chi connectivity index (χ4v) is 1.74. The number of carboxylic acids is 2. The molecule has 0 amide bonds. The summed E-state index contributed by atoms with van der Waals surface area (Å²) < 4.78 is 48.5. The maximum atomic E-state index is 12.8. The van der Waals surface area contributed by atoms with E-state index in [9.17, 15) is 13.2 Å². The zero-order valence-electron chi connectivity index (χ0n) is 13.7. The van der Waals surface area contributed by atoms with E-state index in [-0.39, 0.29) is 0 Å². The molecular formula is C14H19F3N2O6. The van der Waals surface area contributed by atoms with Crippen LogP contribution in [0.2, 0.25) is 0 Å². The minimum Gasteiger partial charge on any atom is -0.493 e. The van der Waals surface area contributed by atoms with Gasteiger partial charge < -0.3 is 30.3 Å². The number of rotatable bonds is 5. The van der Waals surface area contributed by atoms with Crippen molar-refractivity contribution in [3.05, 3.63) is 18.2 Å². The Morgan fingerprint density at radius 2 is 1.64 bits per heavy atom. The molecule has 4 N–H and O–H groups in total. The van der Waals surface area contributed by atoms with Crippen molar-refractivity contribution in [1.82, 2.24) is 0 Å². The monoisotopic (exact) mass is 368 g/mol. The molecule has 0 saturated heterocycles. The van der Waals surface area contributed by atoms with E-state index in [1.54, 1.807) is 6.07 Å². The summed E-state index contributed by atoms with van der Waals surface area (Å²) in [7, 11) is 4.22. The van der Waals surface area contributed by atoms with Crippen LogP contribution >= 0.6 is 0 Å². The Balaban J connectivity index is 0.000000823. The molecule has 0 aliphatic carbocycles. The van der Waals surface area contributed by atoms with E-state index in [2.05, 4.69) is 0 Å². The topological polar surface area (TPSA) is 122 Å². The lowest BCUT2D eigenvalue weighted by Gasteiger charge is -2.31. The minimum atomic E-state index is -4.39. The number of ether oxygens (including phenoxy) is 2. The summed E-state index contributed by atoms with van der Waals surface area (Å²) in [5.74, 6) is -2.83. The number of carbonyl (C=O) groups is 2. The Kier molecular flexibility index (Phi) is 8.54. The van der Waals surface area contributed by atoms with Crippen molar-refractivity contribution in [3.63, 3.8) is 0 Å². The Bertz CT molecular complexity index is 582. The first-order chi connectivity index (χ1) is 11.5. The van der Waals surface area contributed by atoms with Crippen LogP contribution in [0.1, 0.15) is 0 Å². The number of hydrogen-bond acceptors (Lipinski definition) is 6. The molecule has 0 fully saturated rings. The summed E-state index contributed by atoms with van der Waals surface area (Å²) in [4.78, 5) is 19.3. The van der Waals surface area contributed by atoms with Crippen molar-refractivity contribution in [3.8, 4) is 11.5 Å². The second-order valence-corrected chi connectivity index (χ2v) is 4.55. The van der Waals surface area contributed by atoms with Gasteiger partial charge in [-0.05, 0) is 12.1 Å². The van der Waals surface area contributed by atoms with Crippen molar-refractivity contribution >= 4 is 17.6 Å². The molecule has 1 unspecified atom stereocenters. The van der Waals surface area contributed by atoms with Crippen LogP contribution < -0.4 is 20.1 Å². The third-order valence-electron chi connectivity index (χ3n) is 3.03. The number of hydrogen-bond donors (Lipinski definition) is 3. The number of carboxylic acid groups (broad SMARTS) is 2. The van der Waals surface area contributed by atoms with Crippen LogP contribution in [0.15, 0.2) is 18.2 Å². The third kappa shape index (κ3) is 6.75. The number of halogens is 3. The Labute approximate surface area is 141 Å². The molecule has 25 heavy (non-hydrogen) atoms. The molecule has 0 saturated carbocycles. The Hall–Kier alpha value is -2.69. The van der Waals surface area contributed by atoms with Crippen LogP contribution in [0.25, 0.3) is 0 Å². The molecule has 11 heteroatoms. The van der Waals surface area contributed by atoms with Gasteiger partial charge in [-0.25, -0.2) is 9.59 Å². The maximum Gasteiger partial charge on any atom is 0.414 e. The van der Waals surface area contributed by atoms with E-state index >= 15 is 0 Å². The number of aliphatic carboxylic acids is 2. The number of nitrogens with two attached hydrogens (primary N) is 1. The van der Waals surface area contributed by atoms with Gasteiger partial charge in [-0.15, -0.1) is 0 Å². The first-order valence-electron chi connectivity index (χ1n) is 6.67. The molecule has 0 bridgehead atoms. The first-order valence-corrected chi connectivity index (χ1v) is 6.67. The summed E-state index contributed by atoms with van der Waals surface area (Å²) in [6.45, 7) is -0.519. The van der Waals surface area contributed by atoms with Gasteiger partial charge in [0.25, 0.3) is 0 Å². The zero-order chi connectivity index (χ0) is 19.8. The van der Waals surface area contributed by atoms with Crippen molar-refractivity contribution in [2.45, 2.75) is 12.2 Å². The van der Waals surface area contributed by atoms with Crippen LogP contribution in [-0.4, -0.2) is 62.2 Å². The van der Waals surface area contributed by atoms with Gasteiger partial charge >= 0.3 is 18.1 Å². The molecule has 0 aliphatic rings. The van der Waals surface area contributed by atoms with Gasteiger partial charge in [-0.3, -0.25) is 0 Å². The molecule has 0 radical (unpaired) electrons. The molecule has 142 valence electrons. The molecule has 1 aromatic carbocycles. The number of nitrogens with zero attached hydrogens (tertiary/aromatic N) is 1. The first kappa shape index (κ1) is 22.3. The van der Waals surface area contributed by atoms with E-state index in [1.165, 1.54) is 33.4 Å². The van der Waals surface area contributed by atoms with Crippen LogP contribution in [0, 0.1) is 0 Å². The zero-order valence-corrected chi connectivity index (χ0v) is 13.7. The molecular weight excluding hydrogens is 349 g/mol. The van der Waals surface area contributed by atoms with Crippen LogP contribution in [0.4, 0.5) is 18.9 Å². The van der Waals surface area contributed by atoms with Crippen molar-refractivity contribution < 1.29 is 42.4 Å². The van der Waals surface area contributed by atoms with E-state index in [0.717, 1.165) is 4.90 Å². The maximum absolute atomic E-state index is 12.8. The predicted molar refractivity (Wildman–Crippen MR) is 82.1 cm³/mol. The summed E-state index contributed by atoms with van der Waals surface area (Å²) in [6.07, 6.45) is -4.39. The van der Waals surface area contributed by atoms with Gasteiger partial charge in [0.2, 0.25) is 0 Å². The summed E-state index contributed by atoms with van der Waals surface area (Å²) in [5, 5.41) is 14.8. The quantitative estimate of drug-likeness (QED) is 0.663. The van der Waals surface area contributed by atoms with Gasteiger partial charge in [-0.1, -0.05) is 0 Å². The number of benzene rings is 1. The number of anilines is 1. The molecule has 0 heterocycles. The smallest absolute Gasteiger partial charge is 0.414 e.